The van der Waals surface area contributed by atoms with Crippen molar-refractivity contribution in [2.75, 3.05) is 13.1 Å². The molecule has 1 fully saturated rings. The summed E-state index contributed by atoms with van der Waals surface area (Å²) in [4.78, 5) is 0. The molecule has 1 aliphatic rings. The van der Waals surface area contributed by atoms with Crippen LogP contribution < -0.4 is 5.32 Å². The zero-order chi connectivity index (χ0) is 8.48. The number of rotatable bonds is 0. The normalized spacial score (nSPS) is 33.8. The third-order valence-electron chi connectivity index (χ3n) is 2.12. The van der Waals surface area contributed by atoms with E-state index in [1.807, 2.05) is 0 Å². The van der Waals surface area contributed by atoms with Crippen molar-refractivity contribution < 1.29 is 4.74 Å². The maximum atomic E-state index is 5.79. The van der Waals surface area contributed by atoms with E-state index < -0.39 is 0 Å². The number of nitrogens with one attached hydrogen (secondary N) is 1. The van der Waals surface area contributed by atoms with Gasteiger partial charge >= 0.3 is 0 Å². The van der Waals surface area contributed by atoms with E-state index in [0.717, 1.165) is 13.1 Å². The molecule has 2 atom stereocenters. The van der Waals surface area contributed by atoms with Crippen LogP contribution in [-0.4, -0.2) is 25.3 Å². The Labute approximate surface area is 69.3 Å². The van der Waals surface area contributed by atoms with Crippen LogP contribution >= 0.6 is 0 Å². The molecule has 11 heavy (non-hydrogen) atoms. The Balaban J connectivity index is 2.46. The van der Waals surface area contributed by atoms with E-state index in [9.17, 15) is 0 Å². The van der Waals surface area contributed by atoms with Gasteiger partial charge in [-0.25, -0.2) is 0 Å². The first-order chi connectivity index (χ1) is 5.00. The number of hydrogen-bond donors (Lipinski definition) is 1. The summed E-state index contributed by atoms with van der Waals surface area (Å²) in [6, 6.07) is 0. The molecule has 0 amide bonds. The molecule has 1 aliphatic heterocycles. The average molecular weight is 157 g/mol. The topological polar surface area (TPSA) is 21.3 Å². The molecule has 0 aromatic rings. The van der Waals surface area contributed by atoms with Crippen LogP contribution in [0.25, 0.3) is 0 Å². The van der Waals surface area contributed by atoms with Crippen molar-refractivity contribution in [2.45, 2.75) is 39.9 Å². The summed E-state index contributed by atoms with van der Waals surface area (Å²) in [5, 5.41) is 3.37. The second-order valence-corrected chi connectivity index (χ2v) is 4.46. The standard InChI is InChI=1S/C9H19NO/c1-7-5-10-6-8(11-7)9(2,3)4/h7-8,10H,5-6H2,1-4H3. The van der Waals surface area contributed by atoms with Crippen molar-refractivity contribution in [2.24, 2.45) is 5.41 Å². The quantitative estimate of drug-likeness (QED) is 0.574. The highest BCUT2D eigenvalue weighted by Gasteiger charge is 2.29. The van der Waals surface area contributed by atoms with Crippen LogP contribution in [0.2, 0.25) is 0 Å². The molecule has 2 unspecified atom stereocenters. The fourth-order valence-electron chi connectivity index (χ4n) is 1.30. The summed E-state index contributed by atoms with van der Waals surface area (Å²) in [6.07, 6.45) is 0.735. The van der Waals surface area contributed by atoms with E-state index in [-0.39, 0.29) is 5.41 Å². The monoisotopic (exact) mass is 157 g/mol. The Morgan fingerprint density at radius 2 is 1.91 bits per heavy atom. The van der Waals surface area contributed by atoms with Crippen LogP contribution in [0.1, 0.15) is 27.7 Å². The first-order valence-electron chi connectivity index (χ1n) is 4.36. The molecule has 0 radical (unpaired) electrons. The minimum Gasteiger partial charge on any atom is -0.372 e. The Morgan fingerprint density at radius 3 is 2.27 bits per heavy atom. The Bertz CT molecular complexity index is 128. The van der Waals surface area contributed by atoms with E-state index in [0.29, 0.717) is 12.2 Å². The van der Waals surface area contributed by atoms with E-state index in [4.69, 9.17) is 4.74 Å². The molecule has 0 aromatic heterocycles. The summed E-state index contributed by atoms with van der Waals surface area (Å²) >= 11 is 0. The van der Waals surface area contributed by atoms with Gasteiger partial charge in [0.15, 0.2) is 0 Å². The van der Waals surface area contributed by atoms with E-state index in [2.05, 4.69) is 33.0 Å². The van der Waals surface area contributed by atoms with Crippen molar-refractivity contribution in [3.8, 4) is 0 Å². The van der Waals surface area contributed by atoms with Gasteiger partial charge in [-0.3, -0.25) is 0 Å². The highest BCUT2D eigenvalue weighted by atomic mass is 16.5. The summed E-state index contributed by atoms with van der Waals surface area (Å²) in [5.41, 5.74) is 0.266. The molecular weight excluding hydrogens is 138 g/mol. The van der Waals surface area contributed by atoms with E-state index in [1.54, 1.807) is 0 Å². The van der Waals surface area contributed by atoms with Crippen molar-refractivity contribution in [1.82, 2.24) is 5.32 Å². The van der Waals surface area contributed by atoms with Crippen molar-refractivity contribution in [3.63, 3.8) is 0 Å². The predicted molar refractivity (Wildman–Crippen MR) is 46.7 cm³/mol. The van der Waals surface area contributed by atoms with Crippen molar-refractivity contribution >= 4 is 0 Å². The molecule has 0 aliphatic carbocycles. The molecule has 0 spiro atoms. The van der Waals surface area contributed by atoms with Gasteiger partial charge in [0.2, 0.25) is 0 Å². The molecule has 0 bridgehead atoms. The van der Waals surface area contributed by atoms with Crippen molar-refractivity contribution in [3.05, 3.63) is 0 Å². The van der Waals surface area contributed by atoms with Gasteiger partial charge in [0.25, 0.3) is 0 Å². The van der Waals surface area contributed by atoms with Crippen LogP contribution in [-0.2, 0) is 4.74 Å². The molecule has 1 N–H and O–H groups in total. The summed E-state index contributed by atoms with van der Waals surface area (Å²) in [5.74, 6) is 0. The highest BCUT2D eigenvalue weighted by Crippen LogP contribution is 2.24. The Morgan fingerprint density at radius 1 is 1.27 bits per heavy atom. The van der Waals surface area contributed by atoms with Gasteiger partial charge in [-0.15, -0.1) is 0 Å². The lowest BCUT2D eigenvalue weighted by Gasteiger charge is -2.37. The summed E-state index contributed by atoms with van der Waals surface area (Å²) in [6.45, 7) is 10.8. The smallest absolute Gasteiger partial charge is 0.0751 e. The maximum absolute atomic E-state index is 5.79. The summed E-state index contributed by atoms with van der Waals surface area (Å²) < 4.78 is 5.79. The fourth-order valence-corrected chi connectivity index (χ4v) is 1.30. The van der Waals surface area contributed by atoms with Crippen LogP contribution in [0, 0.1) is 5.41 Å². The average Bonchev–Trinajstić information content (AvgIpc) is 1.86. The van der Waals surface area contributed by atoms with Gasteiger partial charge < -0.3 is 10.1 Å². The van der Waals surface area contributed by atoms with Gasteiger partial charge in [-0.2, -0.15) is 0 Å². The number of hydrogen-bond acceptors (Lipinski definition) is 2. The zero-order valence-corrected chi connectivity index (χ0v) is 7.98. The lowest BCUT2D eigenvalue weighted by molar-refractivity contribution is -0.0788. The molecule has 1 saturated heterocycles. The first-order valence-corrected chi connectivity index (χ1v) is 4.36. The maximum Gasteiger partial charge on any atom is 0.0751 e. The fraction of sp³-hybridized carbons (Fsp3) is 1.00. The largest absolute Gasteiger partial charge is 0.372 e. The number of morpholine rings is 1. The van der Waals surface area contributed by atoms with Crippen molar-refractivity contribution in [1.29, 1.82) is 0 Å². The van der Waals surface area contributed by atoms with E-state index in [1.165, 1.54) is 0 Å². The first kappa shape index (κ1) is 9.01. The molecule has 66 valence electrons. The SMILES string of the molecule is CC1CNCC(C(C)(C)C)O1. The number of ether oxygens (including phenoxy) is 1. The summed E-state index contributed by atoms with van der Waals surface area (Å²) in [7, 11) is 0. The van der Waals surface area contributed by atoms with Gasteiger partial charge in [-0.1, -0.05) is 20.8 Å². The Kier molecular flexibility index (Phi) is 2.55. The van der Waals surface area contributed by atoms with E-state index >= 15 is 0 Å². The second kappa shape index (κ2) is 3.11. The van der Waals surface area contributed by atoms with Crippen LogP contribution in [0.3, 0.4) is 0 Å². The van der Waals surface area contributed by atoms with Gasteiger partial charge in [0.1, 0.15) is 0 Å². The van der Waals surface area contributed by atoms with Gasteiger partial charge in [0.05, 0.1) is 12.2 Å². The van der Waals surface area contributed by atoms with Crippen LogP contribution in [0.5, 0.6) is 0 Å². The second-order valence-electron chi connectivity index (χ2n) is 4.46. The molecule has 2 nitrogen and oxygen atoms in total. The predicted octanol–water partition coefficient (Wildman–Crippen LogP) is 1.41. The molecule has 1 rings (SSSR count). The molecular formula is C9H19NO. The highest BCUT2D eigenvalue weighted by molar-refractivity contribution is 4.81. The minimum absolute atomic E-state index is 0.266. The third kappa shape index (κ3) is 2.46. The third-order valence-corrected chi connectivity index (χ3v) is 2.12. The molecule has 1 heterocycles. The molecule has 0 aromatic carbocycles. The lowest BCUT2D eigenvalue weighted by Crippen LogP contribution is -2.48. The molecule has 0 saturated carbocycles. The lowest BCUT2D eigenvalue weighted by atomic mass is 9.88. The molecule has 2 heteroatoms. The van der Waals surface area contributed by atoms with Gasteiger partial charge in [0, 0.05) is 13.1 Å². The Hall–Kier alpha value is -0.0800. The minimum atomic E-state index is 0.266. The van der Waals surface area contributed by atoms with Gasteiger partial charge in [-0.05, 0) is 12.3 Å². The van der Waals surface area contributed by atoms with Crippen LogP contribution in [0.4, 0.5) is 0 Å². The zero-order valence-electron chi connectivity index (χ0n) is 7.98. The van der Waals surface area contributed by atoms with Crippen LogP contribution in [0.15, 0.2) is 0 Å².